The van der Waals surface area contributed by atoms with Crippen LogP contribution in [0.2, 0.25) is 0 Å². The van der Waals surface area contributed by atoms with Crippen molar-refractivity contribution in [3.8, 4) is 0 Å². The summed E-state index contributed by atoms with van der Waals surface area (Å²) in [5.41, 5.74) is 0.323. The molecule has 2 aromatic carbocycles. The highest BCUT2D eigenvalue weighted by Crippen LogP contribution is 2.38. The van der Waals surface area contributed by atoms with Gasteiger partial charge < -0.3 is 10.2 Å². The van der Waals surface area contributed by atoms with Gasteiger partial charge in [-0.25, -0.2) is 8.42 Å². The first-order valence-electron chi connectivity index (χ1n) is 9.19. The minimum Gasteiger partial charge on any atom is -0.326 e. The fourth-order valence-electron chi connectivity index (χ4n) is 3.32. The molecular formula is C20H18BrF3N2O4S. The predicted molar refractivity (Wildman–Crippen MR) is 113 cm³/mol. The predicted octanol–water partition coefficient (Wildman–Crippen LogP) is 4.18. The summed E-state index contributed by atoms with van der Waals surface area (Å²) >= 11 is 3.28. The molecule has 0 saturated heterocycles. The highest BCUT2D eigenvalue weighted by atomic mass is 79.9. The van der Waals surface area contributed by atoms with Crippen molar-refractivity contribution in [1.82, 2.24) is 0 Å². The van der Waals surface area contributed by atoms with Crippen LogP contribution in [-0.2, 0) is 32.0 Å². The second-order valence-electron chi connectivity index (χ2n) is 7.02. The first kappa shape index (κ1) is 23.3. The van der Waals surface area contributed by atoms with Gasteiger partial charge >= 0.3 is 6.18 Å². The van der Waals surface area contributed by atoms with Crippen LogP contribution in [0.4, 0.5) is 24.5 Å². The highest BCUT2D eigenvalue weighted by Gasteiger charge is 2.32. The number of amides is 2. The summed E-state index contributed by atoms with van der Waals surface area (Å²) in [6, 6.07) is 7.01. The van der Waals surface area contributed by atoms with Gasteiger partial charge in [0.25, 0.3) is 0 Å². The lowest BCUT2D eigenvalue weighted by molar-refractivity contribution is -0.137. The first-order valence-corrected chi connectivity index (χ1v) is 11.6. The van der Waals surface area contributed by atoms with Gasteiger partial charge in [-0.2, -0.15) is 13.2 Å². The summed E-state index contributed by atoms with van der Waals surface area (Å²) < 4.78 is 64.3. The quantitative estimate of drug-likeness (QED) is 0.643. The number of alkyl halides is 3. The molecule has 0 fully saturated rings. The summed E-state index contributed by atoms with van der Waals surface area (Å²) in [6.45, 7) is 1.73. The van der Waals surface area contributed by atoms with E-state index in [1.165, 1.54) is 17.9 Å². The maximum atomic E-state index is 13.0. The normalized spacial score (nSPS) is 13.8. The van der Waals surface area contributed by atoms with Crippen molar-refractivity contribution in [1.29, 1.82) is 0 Å². The second kappa shape index (κ2) is 8.62. The van der Waals surface area contributed by atoms with Gasteiger partial charge in [0, 0.05) is 30.0 Å². The van der Waals surface area contributed by atoms with Crippen LogP contribution in [0.1, 0.15) is 24.5 Å². The van der Waals surface area contributed by atoms with Crippen molar-refractivity contribution in [2.75, 3.05) is 22.5 Å². The van der Waals surface area contributed by atoms with Gasteiger partial charge in [-0.1, -0.05) is 15.9 Å². The maximum Gasteiger partial charge on any atom is 0.416 e. The number of anilines is 2. The summed E-state index contributed by atoms with van der Waals surface area (Å²) in [5, 5.41) is 2.39. The topological polar surface area (TPSA) is 83.6 Å². The molecule has 0 saturated carbocycles. The van der Waals surface area contributed by atoms with Crippen molar-refractivity contribution in [3.63, 3.8) is 0 Å². The Morgan fingerprint density at radius 3 is 2.39 bits per heavy atom. The molecule has 0 bridgehead atoms. The monoisotopic (exact) mass is 518 g/mol. The van der Waals surface area contributed by atoms with Crippen LogP contribution in [-0.4, -0.2) is 32.5 Å². The molecule has 0 radical (unpaired) electrons. The lowest BCUT2D eigenvalue weighted by Crippen LogP contribution is -2.27. The number of rotatable bonds is 5. The fourth-order valence-corrected chi connectivity index (χ4v) is 5.50. The largest absolute Gasteiger partial charge is 0.416 e. The molecule has 2 aromatic rings. The van der Waals surface area contributed by atoms with Crippen LogP contribution < -0.4 is 10.2 Å². The third kappa shape index (κ3) is 5.27. The zero-order valence-corrected chi connectivity index (χ0v) is 18.7. The van der Waals surface area contributed by atoms with Gasteiger partial charge in [-0.15, -0.1) is 0 Å². The molecule has 31 heavy (non-hydrogen) atoms. The van der Waals surface area contributed by atoms with Gasteiger partial charge in [0.15, 0.2) is 9.84 Å². The third-order valence-corrected chi connectivity index (χ3v) is 6.98. The number of nitrogens with one attached hydrogen (secondary N) is 1. The van der Waals surface area contributed by atoms with Crippen molar-refractivity contribution in [3.05, 3.63) is 52.0 Å². The summed E-state index contributed by atoms with van der Waals surface area (Å²) in [7, 11) is -3.92. The second-order valence-corrected chi connectivity index (χ2v) is 10.0. The minimum atomic E-state index is -4.49. The molecular weight excluding hydrogens is 501 g/mol. The van der Waals surface area contributed by atoms with E-state index in [-0.39, 0.29) is 16.5 Å². The molecule has 166 valence electrons. The Hall–Kier alpha value is -2.40. The van der Waals surface area contributed by atoms with E-state index in [0.717, 1.165) is 29.8 Å². The molecule has 1 heterocycles. The highest BCUT2D eigenvalue weighted by molar-refractivity contribution is 9.10. The van der Waals surface area contributed by atoms with E-state index in [9.17, 15) is 31.2 Å². The van der Waals surface area contributed by atoms with Gasteiger partial charge in [-0.3, -0.25) is 9.59 Å². The number of carbonyl (C=O) groups is 2. The third-order valence-electron chi connectivity index (χ3n) is 4.80. The van der Waals surface area contributed by atoms with Crippen molar-refractivity contribution < 1.29 is 31.2 Å². The summed E-state index contributed by atoms with van der Waals surface area (Å²) in [4.78, 5) is 25.5. The van der Waals surface area contributed by atoms with E-state index in [0.29, 0.717) is 23.1 Å². The van der Waals surface area contributed by atoms with Crippen LogP contribution in [0.15, 0.2) is 45.8 Å². The van der Waals surface area contributed by atoms with Crippen molar-refractivity contribution in [2.24, 2.45) is 0 Å². The molecule has 1 N–H and O–H groups in total. The summed E-state index contributed by atoms with van der Waals surface area (Å²) in [5.74, 6) is -1.45. The Morgan fingerprint density at radius 2 is 1.81 bits per heavy atom. The van der Waals surface area contributed by atoms with E-state index in [1.54, 1.807) is 6.07 Å². The van der Waals surface area contributed by atoms with Gasteiger partial charge in [-0.05, 0) is 48.4 Å². The van der Waals surface area contributed by atoms with Crippen LogP contribution in [0.3, 0.4) is 0 Å². The fraction of sp³-hybridized carbons (Fsp3) is 0.300. The van der Waals surface area contributed by atoms with E-state index in [2.05, 4.69) is 21.2 Å². The Kier molecular flexibility index (Phi) is 6.47. The molecule has 0 atom stereocenters. The summed E-state index contributed by atoms with van der Waals surface area (Å²) in [6.07, 6.45) is -4.37. The Balaban J connectivity index is 1.74. The number of fused-ring (bicyclic) bond motifs is 1. The van der Waals surface area contributed by atoms with E-state index >= 15 is 0 Å². The maximum absolute atomic E-state index is 13.0. The van der Waals surface area contributed by atoms with Gasteiger partial charge in [0.05, 0.1) is 21.9 Å². The number of hydrogen-bond donors (Lipinski definition) is 1. The number of carbonyl (C=O) groups excluding carboxylic acids is 2. The van der Waals surface area contributed by atoms with Crippen LogP contribution in [0.25, 0.3) is 0 Å². The standard InChI is InChI=1S/C20H18BrF3N2O4S/c1-12(27)26-8-6-13-10-15(21)11-17(19(13)26)31(29,30)9-7-18(28)25-16-4-2-14(3-5-16)20(22,23)24/h2-5,10-11H,6-9H2,1H3,(H,25,28). The first-order chi connectivity index (χ1) is 14.4. The molecule has 0 spiro atoms. The molecule has 0 unspecified atom stereocenters. The van der Waals surface area contributed by atoms with Gasteiger partial charge in [0.2, 0.25) is 11.8 Å². The molecule has 0 aromatic heterocycles. The minimum absolute atomic E-state index is 0.0353. The number of hydrogen-bond acceptors (Lipinski definition) is 4. The Bertz CT molecular complexity index is 1130. The molecule has 6 nitrogen and oxygen atoms in total. The van der Waals surface area contributed by atoms with E-state index in [1.807, 2.05) is 0 Å². The van der Waals surface area contributed by atoms with Gasteiger partial charge in [0.1, 0.15) is 0 Å². The van der Waals surface area contributed by atoms with E-state index < -0.39 is 39.7 Å². The number of nitrogens with zero attached hydrogens (tertiary/aromatic N) is 1. The average Bonchev–Trinajstić information content (AvgIpc) is 3.09. The number of halogens is 4. The zero-order chi connectivity index (χ0) is 23.0. The molecule has 1 aliphatic rings. The van der Waals surface area contributed by atoms with Crippen LogP contribution in [0, 0.1) is 0 Å². The lowest BCUT2D eigenvalue weighted by Gasteiger charge is -2.19. The SMILES string of the molecule is CC(=O)N1CCc2cc(Br)cc(S(=O)(=O)CCC(=O)Nc3ccc(C(F)(F)F)cc3)c21. The average molecular weight is 519 g/mol. The number of benzene rings is 2. The smallest absolute Gasteiger partial charge is 0.326 e. The van der Waals surface area contributed by atoms with Crippen LogP contribution >= 0.6 is 15.9 Å². The Morgan fingerprint density at radius 1 is 1.16 bits per heavy atom. The molecule has 2 amide bonds. The number of sulfone groups is 1. The van der Waals surface area contributed by atoms with E-state index in [4.69, 9.17) is 0 Å². The Labute approximate surface area is 185 Å². The van der Waals surface area contributed by atoms with Crippen molar-refractivity contribution >= 4 is 49.0 Å². The lowest BCUT2D eigenvalue weighted by atomic mass is 10.2. The van der Waals surface area contributed by atoms with Crippen molar-refractivity contribution in [2.45, 2.75) is 30.8 Å². The molecule has 0 aliphatic carbocycles. The van der Waals surface area contributed by atoms with Crippen LogP contribution in [0.5, 0.6) is 0 Å². The molecule has 3 rings (SSSR count). The zero-order valence-electron chi connectivity index (χ0n) is 16.3. The molecule has 1 aliphatic heterocycles. The molecule has 11 heteroatoms.